The molecule has 0 aliphatic heterocycles. The lowest BCUT2D eigenvalue weighted by Gasteiger charge is -2.14. The maximum atomic E-state index is 13.4. The summed E-state index contributed by atoms with van der Waals surface area (Å²) in [6, 6.07) is 15.6. The molecule has 0 saturated carbocycles. The van der Waals surface area contributed by atoms with Crippen molar-refractivity contribution in [3.8, 4) is 11.3 Å². The van der Waals surface area contributed by atoms with Gasteiger partial charge in [0.2, 0.25) is 5.82 Å². The van der Waals surface area contributed by atoms with E-state index < -0.39 is 34.4 Å². The number of halogens is 1. The van der Waals surface area contributed by atoms with Crippen molar-refractivity contribution in [2.45, 2.75) is 20.0 Å². The summed E-state index contributed by atoms with van der Waals surface area (Å²) >= 11 is 0. The summed E-state index contributed by atoms with van der Waals surface area (Å²) in [6.45, 7) is 3.01. The van der Waals surface area contributed by atoms with Crippen LogP contribution in [-0.2, 0) is 9.53 Å². The van der Waals surface area contributed by atoms with Crippen LogP contribution in [0.5, 0.6) is 0 Å². The Morgan fingerprint density at radius 1 is 1.13 bits per heavy atom. The zero-order valence-corrected chi connectivity index (χ0v) is 16.7. The molecule has 0 saturated heterocycles. The number of nitrogens with one attached hydrogen (secondary N) is 1. The van der Waals surface area contributed by atoms with Crippen LogP contribution in [0.2, 0.25) is 0 Å². The van der Waals surface area contributed by atoms with E-state index in [-0.39, 0.29) is 11.3 Å². The average molecular weight is 423 g/mol. The number of hydrogen-bond acceptors (Lipinski definition) is 6. The number of anilines is 1. The second-order valence-electron chi connectivity index (χ2n) is 6.66. The van der Waals surface area contributed by atoms with E-state index in [0.29, 0.717) is 11.4 Å². The standard InChI is InChI=1S/C22H18FN3O5/c1-13-17(9-11-19(24-13)15-6-4-3-5-7-15)22(28)31-14(2)21(27)25-16-8-10-18(23)20(12-16)26(29)30/h3-12,14H,1-2H3,(H,25,27). The van der Waals surface area contributed by atoms with Gasteiger partial charge in [-0.25, -0.2) is 4.79 Å². The number of aromatic nitrogens is 1. The van der Waals surface area contributed by atoms with Crippen LogP contribution in [0.4, 0.5) is 15.8 Å². The minimum atomic E-state index is -1.20. The van der Waals surface area contributed by atoms with Crippen LogP contribution >= 0.6 is 0 Å². The second-order valence-corrected chi connectivity index (χ2v) is 6.66. The van der Waals surface area contributed by atoms with Gasteiger partial charge in [-0.1, -0.05) is 30.3 Å². The highest BCUT2D eigenvalue weighted by Gasteiger charge is 2.22. The van der Waals surface area contributed by atoms with Crippen LogP contribution in [0.15, 0.2) is 60.7 Å². The number of amides is 1. The molecule has 1 aromatic heterocycles. The van der Waals surface area contributed by atoms with Crippen LogP contribution in [0.25, 0.3) is 11.3 Å². The van der Waals surface area contributed by atoms with Gasteiger partial charge >= 0.3 is 11.7 Å². The van der Waals surface area contributed by atoms with E-state index in [4.69, 9.17) is 4.74 Å². The van der Waals surface area contributed by atoms with E-state index in [2.05, 4.69) is 10.3 Å². The van der Waals surface area contributed by atoms with Gasteiger partial charge in [0.25, 0.3) is 5.91 Å². The third-order valence-corrected chi connectivity index (χ3v) is 4.44. The lowest BCUT2D eigenvalue weighted by molar-refractivity contribution is -0.387. The molecule has 8 nitrogen and oxygen atoms in total. The number of esters is 1. The van der Waals surface area contributed by atoms with Crippen molar-refractivity contribution < 1.29 is 23.6 Å². The van der Waals surface area contributed by atoms with Crippen molar-refractivity contribution in [1.29, 1.82) is 0 Å². The fourth-order valence-electron chi connectivity index (χ4n) is 2.80. The van der Waals surface area contributed by atoms with Gasteiger partial charge in [-0.15, -0.1) is 0 Å². The fraction of sp³-hybridized carbons (Fsp3) is 0.136. The number of nitro groups is 1. The molecular formula is C22H18FN3O5. The molecule has 1 unspecified atom stereocenters. The zero-order valence-electron chi connectivity index (χ0n) is 16.7. The lowest BCUT2D eigenvalue weighted by atomic mass is 10.1. The highest BCUT2D eigenvalue weighted by molar-refractivity contribution is 5.98. The van der Waals surface area contributed by atoms with Gasteiger partial charge in [0.15, 0.2) is 6.10 Å². The van der Waals surface area contributed by atoms with Crippen LogP contribution in [-0.4, -0.2) is 27.9 Å². The Hall–Kier alpha value is -4.14. The largest absolute Gasteiger partial charge is 0.449 e. The summed E-state index contributed by atoms with van der Waals surface area (Å²) in [4.78, 5) is 39.1. The van der Waals surface area contributed by atoms with Crippen molar-refractivity contribution in [2.24, 2.45) is 0 Å². The minimum Gasteiger partial charge on any atom is -0.449 e. The molecule has 1 atom stereocenters. The van der Waals surface area contributed by atoms with Crippen molar-refractivity contribution in [2.75, 3.05) is 5.32 Å². The predicted octanol–water partition coefficient (Wildman–Crippen LogP) is 4.29. The van der Waals surface area contributed by atoms with Crippen LogP contribution < -0.4 is 5.32 Å². The third-order valence-electron chi connectivity index (χ3n) is 4.44. The molecule has 0 aliphatic carbocycles. The van der Waals surface area contributed by atoms with Gasteiger partial charge in [0, 0.05) is 17.3 Å². The molecule has 31 heavy (non-hydrogen) atoms. The highest BCUT2D eigenvalue weighted by atomic mass is 19.1. The number of aryl methyl sites for hydroxylation is 1. The Balaban J connectivity index is 1.68. The van der Waals surface area contributed by atoms with Crippen molar-refractivity contribution >= 4 is 23.3 Å². The summed E-state index contributed by atoms with van der Waals surface area (Å²) in [5, 5.41) is 13.2. The molecule has 158 valence electrons. The molecule has 0 radical (unpaired) electrons. The molecule has 0 aliphatic rings. The molecular weight excluding hydrogens is 405 g/mol. The van der Waals surface area contributed by atoms with Crippen LogP contribution in [0.3, 0.4) is 0 Å². The highest BCUT2D eigenvalue weighted by Crippen LogP contribution is 2.22. The van der Waals surface area contributed by atoms with Gasteiger partial charge in [-0.05, 0) is 38.1 Å². The molecule has 3 rings (SSSR count). The van der Waals surface area contributed by atoms with E-state index >= 15 is 0 Å². The van der Waals surface area contributed by atoms with Gasteiger partial charge in [0.05, 0.1) is 21.9 Å². The molecule has 0 spiro atoms. The number of pyridine rings is 1. The summed E-state index contributed by atoms with van der Waals surface area (Å²) in [7, 11) is 0. The quantitative estimate of drug-likeness (QED) is 0.360. The molecule has 1 N–H and O–H groups in total. The number of nitrogens with zero attached hydrogens (tertiary/aromatic N) is 2. The molecule has 1 heterocycles. The number of benzene rings is 2. The first-order chi connectivity index (χ1) is 14.8. The summed E-state index contributed by atoms with van der Waals surface area (Å²) < 4.78 is 18.6. The Labute approximate surface area is 176 Å². The van der Waals surface area contributed by atoms with Crippen LogP contribution in [0.1, 0.15) is 23.0 Å². The normalized spacial score (nSPS) is 11.5. The fourth-order valence-corrected chi connectivity index (χ4v) is 2.80. The first kappa shape index (κ1) is 21.6. The molecule has 9 heteroatoms. The number of hydrogen-bond donors (Lipinski definition) is 1. The Kier molecular flexibility index (Phi) is 6.35. The third kappa shape index (κ3) is 5.08. The topological polar surface area (TPSA) is 111 Å². The molecule has 1 amide bonds. The smallest absolute Gasteiger partial charge is 0.340 e. The maximum absolute atomic E-state index is 13.4. The SMILES string of the molecule is Cc1nc(-c2ccccc2)ccc1C(=O)OC(C)C(=O)Nc1ccc(F)c([N+](=O)[O-])c1. The van der Waals surface area contributed by atoms with E-state index in [1.165, 1.54) is 13.0 Å². The first-order valence-corrected chi connectivity index (χ1v) is 9.25. The van der Waals surface area contributed by atoms with Crippen LogP contribution in [0, 0.1) is 22.9 Å². The Morgan fingerprint density at radius 2 is 1.84 bits per heavy atom. The average Bonchev–Trinajstić information content (AvgIpc) is 2.75. The summed E-state index contributed by atoms with van der Waals surface area (Å²) in [5.41, 5.74) is 1.46. The Bertz CT molecular complexity index is 1150. The van der Waals surface area contributed by atoms with E-state index in [0.717, 1.165) is 17.7 Å². The molecule has 0 fully saturated rings. The van der Waals surface area contributed by atoms with E-state index in [1.807, 2.05) is 30.3 Å². The van der Waals surface area contributed by atoms with E-state index in [9.17, 15) is 24.1 Å². The number of rotatable bonds is 6. The second kappa shape index (κ2) is 9.12. The monoisotopic (exact) mass is 423 g/mol. The van der Waals surface area contributed by atoms with E-state index in [1.54, 1.807) is 19.1 Å². The zero-order chi connectivity index (χ0) is 22.5. The molecule has 3 aromatic rings. The van der Waals surface area contributed by atoms with Crippen molar-refractivity contribution in [3.05, 3.63) is 87.9 Å². The summed E-state index contributed by atoms with van der Waals surface area (Å²) in [5.74, 6) is -2.48. The minimum absolute atomic E-state index is 0.00561. The lowest BCUT2D eigenvalue weighted by Crippen LogP contribution is -2.30. The molecule has 0 bridgehead atoms. The van der Waals surface area contributed by atoms with Crippen molar-refractivity contribution in [1.82, 2.24) is 4.98 Å². The van der Waals surface area contributed by atoms with Gasteiger partial charge in [-0.3, -0.25) is 19.9 Å². The van der Waals surface area contributed by atoms with Gasteiger partial charge in [0.1, 0.15) is 0 Å². The predicted molar refractivity (Wildman–Crippen MR) is 111 cm³/mol. The van der Waals surface area contributed by atoms with Gasteiger partial charge in [-0.2, -0.15) is 4.39 Å². The van der Waals surface area contributed by atoms with Crippen molar-refractivity contribution in [3.63, 3.8) is 0 Å². The maximum Gasteiger partial charge on any atom is 0.340 e. The molecule has 2 aromatic carbocycles. The number of ether oxygens (including phenoxy) is 1. The first-order valence-electron chi connectivity index (χ1n) is 9.25. The van der Waals surface area contributed by atoms with Gasteiger partial charge < -0.3 is 10.1 Å². The Morgan fingerprint density at radius 3 is 2.48 bits per heavy atom. The summed E-state index contributed by atoms with van der Waals surface area (Å²) in [6.07, 6.45) is -1.20. The number of nitro benzene ring substituents is 1. The number of carbonyl (C=O) groups is 2. The number of carbonyl (C=O) groups excluding carboxylic acids is 2.